The molecule has 2 aliphatic heterocycles. The van der Waals surface area contributed by atoms with Crippen LogP contribution in [0.15, 0.2) is 65.0 Å². The highest BCUT2D eigenvalue weighted by Crippen LogP contribution is 2.26. The van der Waals surface area contributed by atoms with Gasteiger partial charge in [0, 0.05) is 52.4 Å². The smallest absolute Gasteiger partial charge is 0.266 e. The van der Waals surface area contributed by atoms with E-state index in [9.17, 15) is 4.79 Å². The molecular weight excluding hydrogens is 370 g/mol. The highest BCUT2D eigenvalue weighted by atomic mass is 16.6. The lowest BCUT2D eigenvalue weighted by Crippen LogP contribution is -2.48. The van der Waals surface area contributed by atoms with Crippen LogP contribution in [0.1, 0.15) is 12.8 Å². The fourth-order valence-corrected chi connectivity index (χ4v) is 3.58. The molecule has 3 aliphatic rings. The van der Waals surface area contributed by atoms with Crippen molar-refractivity contribution in [2.24, 2.45) is 0 Å². The molecule has 154 valence electrons. The van der Waals surface area contributed by atoms with E-state index in [1.54, 1.807) is 24.8 Å². The van der Waals surface area contributed by atoms with Gasteiger partial charge in [0.25, 0.3) is 5.56 Å². The van der Waals surface area contributed by atoms with Crippen molar-refractivity contribution in [2.45, 2.75) is 12.8 Å². The fourth-order valence-electron chi connectivity index (χ4n) is 3.58. The number of nitrogens with zero attached hydrogens (tertiary/aromatic N) is 4. The Morgan fingerprint density at radius 3 is 2.76 bits per heavy atom. The molecule has 0 spiro atoms. The highest BCUT2D eigenvalue weighted by molar-refractivity contribution is 5.41. The third kappa shape index (κ3) is 4.89. The van der Waals surface area contributed by atoms with Gasteiger partial charge in [-0.1, -0.05) is 18.2 Å². The maximum atomic E-state index is 11.4. The number of anilines is 1. The number of likely N-dealkylation sites (N-methyl/N-ethyl adjacent to an activating group) is 1. The SMILES string of the molecule is CN(CCN1CCN(C2=COC(C3=CC=CCC3)=CO2)CC1)c1cn[nH]c(=O)c1. The molecule has 8 nitrogen and oxygen atoms in total. The lowest BCUT2D eigenvalue weighted by molar-refractivity contribution is 0.0857. The number of H-pyrrole nitrogens is 1. The summed E-state index contributed by atoms with van der Waals surface area (Å²) in [6, 6.07) is 1.57. The standard InChI is InChI=1S/C21H27N5O3/c1-24(18-13-20(27)23-22-14-18)7-8-25-9-11-26(12-10-25)21-16-28-19(15-29-21)17-5-3-2-4-6-17/h2-3,5,13-16H,4,6-12H2,1H3,(H,23,27). The Hall–Kier alpha value is -3.00. The molecule has 1 aromatic rings. The highest BCUT2D eigenvalue weighted by Gasteiger charge is 2.22. The number of piperazine rings is 1. The summed E-state index contributed by atoms with van der Waals surface area (Å²) >= 11 is 0. The fraction of sp³-hybridized carbons (Fsp3) is 0.429. The first kappa shape index (κ1) is 19.3. The van der Waals surface area contributed by atoms with Gasteiger partial charge in [-0.2, -0.15) is 5.10 Å². The maximum Gasteiger partial charge on any atom is 0.266 e. The lowest BCUT2D eigenvalue weighted by Gasteiger charge is -2.37. The van der Waals surface area contributed by atoms with Crippen molar-refractivity contribution in [3.63, 3.8) is 0 Å². The van der Waals surface area contributed by atoms with Crippen molar-refractivity contribution >= 4 is 5.69 Å². The summed E-state index contributed by atoms with van der Waals surface area (Å²) in [5.41, 5.74) is 1.82. The van der Waals surface area contributed by atoms with Crippen LogP contribution < -0.4 is 10.5 Å². The minimum atomic E-state index is -0.181. The zero-order valence-electron chi connectivity index (χ0n) is 16.7. The van der Waals surface area contributed by atoms with Crippen LogP contribution in [0, 0.1) is 0 Å². The summed E-state index contributed by atoms with van der Waals surface area (Å²) in [6.07, 6.45) is 13.4. The van der Waals surface area contributed by atoms with Crippen LogP contribution in [-0.4, -0.2) is 66.3 Å². The average Bonchev–Trinajstić information content (AvgIpc) is 2.78. The van der Waals surface area contributed by atoms with Crippen LogP contribution in [0.5, 0.6) is 0 Å². The zero-order chi connectivity index (χ0) is 20.1. The normalized spacial score (nSPS) is 19.6. The number of nitrogens with one attached hydrogen (secondary N) is 1. The van der Waals surface area contributed by atoms with Crippen molar-refractivity contribution in [3.8, 4) is 0 Å². The quantitative estimate of drug-likeness (QED) is 0.784. The van der Waals surface area contributed by atoms with Crippen molar-refractivity contribution < 1.29 is 9.47 Å². The number of hydrogen-bond acceptors (Lipinski definition) is 7. The zero-order valence-corrected chi connectivity index (χ0v) is 16.7. The number of aromatic nitrogens is 2. The number of hydrogen-bond donors (Lipinski definition) is 1. The minimum Gasteiger partial charge on any atom is -0.456 e. The Bertz CT molecular complexity index is 894. The van der Waals surface area contributed by atoms with Crippen molar-refractivity contribution in [2.75, 3.05) is 51.2 Å². The van der Waals surface area contributed by atoms with Gasteiger partial charge in [-0.3, -0.25) is 9.69 Å². The first-order valence-corrected chi connectivity index (χ1v) is 10.0. The molecule has 1 N–H and O–H groups in total. The number of allylic oxidation sites excluding steroid dienone is 4. The van der Waals surface area contributed by atoms with Gasteiger partial charge in [-0.05, 0) is 18.4 Å². The van der Waals surface area contributed by atoms with Crippen LogP contribution in [0.25, 0.3) is 0 Å². The molecule has 0 atom stereocenters. The molecule has 1 aromatic heterocycles. The van der Waals surface area contributed by atoms with Crippen molar-refractivity contribution in [3.05, 3.63) is 70.6 Å². The second-order valence-electron chi connectivity index (χ2n) is 7.39. The van der Waals surface area contributed by atoms with Gasteiger partial charge >= 0.3 is 0 Å². The van der Waals surface area contributed by atoms with E-state index in [1.165, 1.54) is 5.57 Å². The Morgan fingerprint density at radius 2 is 2.07 bits per heavy atom. The molecule has 0 radical (unpaired) electrons. The number of rotatable bonds is 6. The van der Waals surface area contributed by atoms with E-state index < -0.39 is 0 Å². The largest absolute Gasteiger partial charge is 0.456 e. The summed E-state index contributed by atoms with van der Waals surface area (Å²) in [5, 5.41) is 6.26. The summed E-state index contributed by atoms with van der Waals surface area (Å²) in [5.74, 6) is 1.57. The Kier molecular flexibility index (Phi) is 6.00. The van der Waals surface area contributed by atoms with Crippen LogP contribution in [0.3, 0.4) is 0 Å². The molecule has 1 fully saturated rings. The molecule has 1 saturated heterocycles. The third-order valence-corrected chi connectivity index (χ3v) is 5.43. The summed E-state index contributed by atoms with van der Waals surface area (Å²) in [6.45, 7) is 5.45. The summed E-state index contributed by atoms with van der Waals surface area (Å²) in [7, 11) is 1.98. The van der Waals surface area contributed by atoms with E-state index in [2.05, 4.69) is 43.1 Å². The van der Waals surface area contributed by atoms with Gasteiger partial charge in [0.2, 0.25) is 5.88 Å². The van der Waals surface area contributed by atoms with Gasteiger partial charge in [0.1, 0.15) is 6.26 Å². The molecule has 1 aliphatic carbocycles. The first-order valence-electron chi connectivity index (χ1n) is 10.0. The van der Waals surface area contributed by atoms with E-state index in [0.717, 1.165) is 69.4 Å². The van der Waals surface area contributed by atoms with Crippen LogP contribution in [0.2, 0.25) is 0 Å². The van der Waals surface area contributed by atoms with Gasteiger partial charge < -0.3 is 19.3 Å². The van der Waals surface area contributed by atoms with E-state index in [0.29, 0.717) is 0 Å². The second kappa shape index (κ2) is 9.00. The topological polar surface area (TPSA) is 73.9 Å². The molecule has 3 heterocycles. The number of ether oxygens (including phenoxy) is 2. The first-order chi connectivity index (χ1) is 14.2. The van der Waals surface area contributed by atoms with Crippen molar-refractivity contribution in [1.82, 2.24) is 20.0 Å². The molecule has 4 rings (SSSR count). The molecule has 0 amide bonds. The molecule has 0 bridgehead atoms. The van der Waals surface area contributed by atoms with Crippen LogP contribution >= 0.6 is 0 Å². The Labute approximate surface area is 170 Å². The van der Waals surface area contributed by atoms with Crippen LogP contribution in [-0.2, 0) is 9.47 Å². The van der Waals surface area contributed by atoms with Crippen molar-refractivity contribution in [1.29, 1.82) is 0 Å². The predicted molar refractivity (Wildman–Crippen MR) is 111 cm³/mol. The predicted octanol–water partition coefficient (Wildman–Crippen LogP) is 1.79. The number of aromatic amines is 1. The Balaban J connectivity index is 1.22. The maximum absolute atomic E-state index is 11.4. The third-order valence-electron chi connectivity index (χ3n) is 5.43. The van der Waals surface area contributed by atoms with E-state index in [4.69, 9.17) is 9.47 Å². The summed E-state index contributed by atoms with van der Waals surface area (Å²) < 4.78 is 11.7. The molecule has 8 heteroatoms. The van der Waals surface area contributed by atoms with Crippen LogP contribution in [0.4, 0.5) is 5.69 Å². The Morgan fingerprint density at radius 1 is 1.21 bits per heavy atom. The molecule has 0 unspecified atom stereocenters. The van der Waals surface area contributed by atoms with E-state index in [1.807, 2.05) is 7.05 Å². The molecule has 29 heavy (non-hydrogen) atoms. The average molecular weight is 397 g/mol. The molecular formula is C21H27N5O3. The van der Waals surface area contributed by atoms with Gasteiger partial charge in [-0.25, -0.2) is 5.10 Å². The monoisotopic (exact) mass is 397 g/mol. The molecule has 0 aromatic carbocycles. The van der Waals surface area contributed by atoms with Gasteiger partial charge in [0.15, 0.2) is 12.0 Å². The lowest BCUT2D eigenvalue weighted by atomic mass is 10.0. The minimum absolute atomic E-state index is 0.181. The van der Waals surface area contributed by atoms with Gasteiger partial charge in [-0.15, -0.1) is 0 Å². The van der Waals surface area contributed by atoms with E-state index >= 15 is 0 Å². The second-order valence-corrected chi connectivity index (χ2v) is 7.39. The van der Waals surface area contributed by atoms with E-state index in [-0.39, 0.29) is 5.56 Å². The molecule has 0 saturated carbocycles. The summed E-state index contributed by atoms with van der Waals surface area (Å²) in [4.78, 5) is 18.1. The van der Waals surface area contributed by atoms with Gasteiger partial charge in [0.05, 0.1) is 11.9 Å².